The van der Waals surface area contributed by atoms with Gasteiger partial charge in [0.05, 0.1) is 23.5 Å². The molecule has 0 unspecified atom stereocenters. The summed E-state index contributed by atoms with van der Waals surface area (Å²) in [7, 11) is 0. The van der Waals surface area contributed by atoms with E-state index in [9.17, 15) is 0 Å². The first kappa shape index (κ1) is 29.1. The van der Waals surface area contributed by atoms with Gasteiger partial charge in [-0.3, -0.25) is 9.98 Å². The summed E-state index contributed by atoms with van der Waals surface area (Å²) in [6.07, 6.45) is 16.9. The largest absolute Gasteiger partial charge is 1.00 e. The summed E-state index contributed by atoms with van der Waals surface area (Å²) < 4.78 is 0. The van der Waals surface area contributed by atoms with E-state index in [2.05, 4.69) is 19.1 Å². The summed E-state index contributed by atoms with van der Waals surface area (Å²) in [6.45, 7) is 2.12. The number of nitrogens with zero attached hydrogens (tertiary/aromatic N) is 3. The minimum Gasteiger partial charge on any atom is -1.00 e. The average Bonchev–Trinajstić information content (AvgIpc) is 2.60. The van der Waals surface area contributed by atoms with Crippen LogP contribution in [-0.2, 0) is 18.6 Å². The fourth-order valence-electron chi connectivity index (χ4n) is 3.68. The van der Waals surface area contributed by atoms with Gasteiger partial charge < -0.3 is 37.2 Å². The monoisotopic (exact) mass is 467 g/mol. The molecule has 2 saturated carbocycles. The third-order valence-electron chi connectivity index (χ3n) is 4.99. The van der Waals surface area contributed by atoms with E-state index in [0.29, 0.717) is 12.1 Å². The van der Waals surface area contributed by atoms with Crippen LogP contribution in [0.4, 0.5) is 0 Å². The van der Waals surface area contributed by atoms with E-state index < -0.39 is 0 Å². The minimum atomic E-state index is 0. The van der Waals surface area contributed by atoms with Crippen LogP contribution in [0.2, 0.25) is 0 Å². The van der Waals surface area contributed by atoms with Crippen LogP contribution < -0.4 is 37.2 Å². The van der Waals surface area contributed by atoms with Crippen molar-refractivity contribution in [3.05, 3.63) is 29.1 Å². The Hall–Kier alpha value is -0.0556. The van der Waals surface area contributed by atoms with Gasteiger partial charge in [0.15, 0.2) is 0 Å². The van der Waals surface area contributed by atoms with Crippen molar-refractivity contribution in [2.45, 2.75) is 83.2 Å². The van der Waals surface area contributed by atoms with E-state index in [1.54, 1.807) is 0 Å². The summed E-state index contributed by atoms with van der Waals surface area (Å²) in [5, 5.41) is 0. The molecule has 1 radical (unpaired) electrons. The van der Waals surface area contributed by atoms with Gasteiger partial charge in [0, 0.05) is 31.0 Å². The molecule has 0 aromatic carbocycles. The standard InChI is InChI=1S/C20H29N3.3ClH.V/c1-16-12-19(14-21-17-8-4-2-5-9-17)23-20(13-16)15-22-18-10-6-3-7-11-18;;;;/h12-15,17-18H,2-11H2,1H3;3*1H;/p-3. The number of hydrogen-bond acceptors (Lipinski definition) is 3. The summed E-state index contributed by atoms with van der Waals surface area (Å²) in [4.78, 5) is 14.2. The molecule has 1 aromatic heterocycles. The molecule has 1 heterocycles. The van der Waals surface area contributed by atoms with E-state index in [4.69, 9.17) is 15.0 Å². The molecule has 3 nitrogen and oxygen atoms in total. The molecule has 27 heavy (non-hydrogen) atoms. The van der Waals surface area contributed by atoms with Crippen molar-refractivity contribution in [2.75, 3.05) is 0 Å². The summed E-state index contributed by atoms with van der Waals surface area (Å²) in [5.41, 5.74) is 3.18. The maximum absolute atomic E-state index is 4.75. The molecule has 0 atom stereocenters. The van der Waals surface area contributed by atoms with E-state index in [1.165, 1.54) is 69.8 Å². The number of aromatic nitrogens is 1. The van der Waals surface area contributed by atoms with Crippen LogP contribution in [0.25, 0.3) is 0 Å². The van der Waals surface area contributed by atoms with Crippen LogP contribution in [-0.4, -0.2) is 29.5 Å². The smallest absolute Gasteiger partial charge is 0.0818 e. The van der Waals surface area contributed by atoms with Crippen LogP contribution in [0.15, 0.2) is 22.1 Å². The molecule has 0 bridgehead atoms. The minimum absolute atomic E-state index is 0. The number of rotatable bonds is 4. The van der Waals surface area contributed by atoms with Crippen LogP contribution in [0.5, 0.6) is 0 Å². The van der Waals surface area contributed by atoms with Crippen molar-refractivity contribution < 1.29 is 55.8 Å². The fraction of sp³-hybridized carbons (Fsp3) is 0.650. The van der Waals surface area contributed by atoms with Crippen molar-refractivity contribution in [2.24, 2.45) is 9.98 Å². The van der Waals surface area contributed by atoms with Crippen LogP contribution in [0, 0.1) is 6.92 Å². The molecule has 0 amide bonds. The second-order valence-corrected chi connectivity index (χ2v) is 7.13. The fourth-order valence-corrected chi connectivity index (χ4v) is 3.68. The van der Waals surface area contributed by atoms with Crippen molar-refractivity contribution in [3.63, 3.8) is 0 Å². The number of pyridine rings is 1. The first-order valence-electron chi connectivity index (χ1n) is 9.35. The Balaban J connectivity index is 0. The zero-order valence-corrected chi connectivity index (χ0v) is 19.6. The van der Waals surface area contributed by atoms with Gasteiger partial charge in [0.25, 0.3) is 0 Å². The van der Waals surface area contributed by atoms with Crippen molar-refractivity contribution in [3.8, 4) is 0 Å². The molecule has 3 rings (SSSR count). The van der Waals surface area contributed by atoms with Crippen molar-refractivity contribution in [1.29, 1.82) is 0 Å². The number of halogens is 3. The van der Waals surface area contributed by atoms with Gasteiger partial charge in [-0.15, -0.1) is 0 Å². The molecule has 153 valence electrons. The number of aryl methyl sites for hydroxylation is 1. The third-order valence-corrected chi connectivity index (χ3v) is 4.99. The van der Waals surface area contributed by atoms with Crippen LogP contribution >= 0.6 is 0 Å². The molecule has 0 N–H and O–H groups in total. The van der Waals surface area contributed by atoms with E-state index >= 15 is 0 Å². The molecule has 0 aliphatic heterocycles. The van der Waals surface area contributed by atoms with Gasteiger partial charge in [-0.1, -0.05) is 38.5 Å². The zero-order valence-electron chi connectivity index (χ0n) is 16.0. The Labute approximate surface area is 194 Å². The predicted octanol–water partition coefficient (Wildman–Crippen LogP) is -4.10. The average molecular weight is 469 g/mol. The summed E-state index contributed by atoms with van der Waals surface area (Å²) >= 11 is 0. The van der Waals surface area contributed by atoms with Gasteiger partial charge in [0.1, 0.15) is 0 Å². The predicted molar refractivity (Wildman–Crippen MR) is 97.9 cm³/mol. The molecule has 0 spiro atoms. The molecular weight excluding hydrogens is 440 g/mol. The van der Waals surface area contributed by atoms with Gasteiger partial charge in [-0.05, 0) is 50.3 Å². The van der Waals surface area contributed by atoms with Crippen molar-refractivity contribution in [1.82, 2.24) is 4.98 Å². The topological polar surface area (TPSA) is 37.6 Å². The second-order valence-electron chi connectivity index (χ2n) is 7.13. The molecule has 2 aliphatic rings. The number of aliphatic imine (C=N–C) groups is 2. The maximum Gasteiger partial charge on any atom is 0.0818 e. The van der Waals surface area contributed by atoms with Crippen molar-refractivity contribution >= 4 is 12.4 Å². The molecular formula is C20H29Cl3N3V-3. The first-order valence-corrected chi connectivity index (χ1v) is 9.35. The molecule has 2 fully saturated rings. The Kier molecular flexibility index (Phi) is 17.1. The molecule has 1 aromatic rings. The van der Waals surface area contributed by atoms with E-state index in [-0.39, 0.29) is 55.8 Å². The quantitative estimate of drug-likeness (QED) is 0.414. The first-order chi connectivity index (χ1) is 11.3. The van der Waals surface area contributed by atoms with E-state index in [1.807, 2.05) is 12.4 Å². The Morgan fingerprint density at radius 3 is 1.48 bits per heavy atom. The summed E-state index contributed by atoms with van der Waals surface area (Å²) in [5.74, 6) is 0. The van der Waals surface area contributed by atoms with Crippen LogP contribution in [0.3, 0.4) is 0 Å². The SMILES string of the molecule is Cc1cc(C=NC2CCCCC2)nc(C=NC2CCCCC2)c1.[Cl-].[Cl-].[Cl-].[V]. The van der Waals surface area contributed by atoms with Gasteiger partial charge in [-0.2, -0.15) is 0 Å². The van der Waals surface area contributed by atoms with Crippen LogP contribution in [0.1, 0.15) is 81.2 Å². The van der Waals surface area contributed by atoms with Gasteiger partial charge in [0.2, 0.25) is 0 Å². The number of hydrogen-bond donors (Lipinski definition) is 0. The zero-order chi connectivity index (χ0) is 15.9. The molecule has 0 saturated heterocycles. The third kappa shape index (κ3) is 10.3. The Morgan fingerprint density at radius 2 is 1.11 bits per heavy atom. The molecule has 7 heteroatoms. The Morgan fingerprint density at radius 1 is 0.741 bits per heavy atom. The second kappa shape index (κ2) is 15.8. The maximum atomic E-state index is 4.75. The van der Waals surface area contributed by atoms with Gasteiger partial charge >= 0.3 is 0 Å². The van der Waals surface area contributed by atoms with E-state index in [0.717, 1.165) is 11.4 Å². The Bertz CT molecular complexity index is 523. The summed E-state index contributed by atoms with van der Waals surface area (Å²) in [6, 6.07) is 5.24. The molecule has 2 aliphatic carbocycles. The van der Waals surface area contributed by atoms with Gasteiger partial charge in [-0.25, -0.2) is 4.98 Å². The normalized spacial score (nSPS) is 18.3.